The van der Waals surface area contributed by atoms with Crippen LogP contribution in [0.2, 0.25) is 0 Å². The molecular formula is C22H21F2N3O5. The minimum atomic E-state index is -0.938. The van der Waals surface area contributed by atoms with Crippen LogP contribution in [0.15, 0.2) is 23.0 Å². The molecule has 1 fully saturated rings. The first kappa shape index (κ1) is 20.6. The lowest BCUT2D eigenvalue weighted by molar-refractivity contribution is -0.0685. The minimum Gasteiger partial charge on any atom is -0.503 e. The van der Waals surface area contributed by atoms with Gasteiger partial charge in [-0.3, -0.25) is 14.4 Å². The maximum Gasteiger partial charge on any atom is 0.276 e. The summed E-state index contributed by atoms with van der Waals surface area (Å²) in [6.45, 7) is 0.695. The Morgan fingerprint density at radius 1 is 1.25 bits per heavy atom. The van der Waals surface area contributed by atoms with E-state index in [1.165, 1.54) is 6.07 Å². The van der Waals surface area contributed by atoms with Gasteiger partial charge < -0.3 is 24.6 Å². The molecule has 1 aromatic heterocycles. The molecule has 3 aliphatic rings. The molecule has 0 saturated carbocycles. The number of ether oxygens (including phenoxy) is 1. The van der Waals surface area contributed by atoms with E-state index in [9.17, 15) is 28.3 Å². The number of amides is 2. The molecule has 2 amide bonds. The monoisotopic (exact) mass is 445 g/mol. The van der Waals surface area contributed by atoms with E-state index < -0.39 is 40.9 Å². The lowest BCUT2D eigenvalue weighted by atomic mass is 10.1. The Labute approximate surface area is 181 Å². The van der Waals surface area contributed by atoms with Gasteiger partial charge in [-0.15, -0.1) is 0 Å². The Balaban J connectivity index is 1.53. The van der Waals surface area contributed by atoms with Gasteiger partial charge in [0.1, 0.15) is 17.2 Å². The fraction of sp³-hybridized carbons (Fsp3) is 0.409. The van der Waals surface area contributed by atoms with Crippen molar-refractivity contribution in [3.8, 4) is 5.75 Å². The topological polar surface area (TPSA) is 101 Å². The van der Waals surface area contributed by atoms with E-state index in [1.54, 1.807) is 9.47 Å². The molecule has 1 aromatic carbocycles. The summed E-state index contributed by atoms with van der Waals surface area (Å²) >= 11 is 0. The third kappa shape index (κ3) is 3.09. The maximum absolute atomic E-state index is 13.9. The fourth-order valence-electron chi connectivity index (χ4n) is 4.87. The maximum atomic E-state index is 13.9. The average molecular weight is 445 g/mol. The molecule has 2 N–H and O–H groups in total. The lowest BCUT2D eigenvalue weighted by Gasteiger charge is -2.40. The molecule has 0 spiro atoms. The molecular weight excluding hydrogens is 424 g/mol. The smallest absolute Gasteiger partial charge is 0.276 e. The highest BCUT2D eigenvalue weighted by Gasteiger charge is 2.47. The number of pyridine rings is 1. The number of hydrogen-bond donors (Lipinski definition) is 2. The van der Waals surface area contributed by atoms with Crippen molar-refractivity contribution < 1.29 is 28.2 Å². The summed E-state index contributed by atoms with van der Waals surface area (Å²) in [5.41, 5.74) is -0.923. The zero-order valence-corrected chi connectivity index (χ0v) is 17.1. The summed E-state index contributed by atoms with van der Waals surface area (Å²) in [6, 6.07) is 2.66. The first-order chi connectivity index (χ1) is 15.4. The van der Waals surface area contributed by atoms with Gasteiger partial charge in [-0.1, -0.05) is 6.07 Å². The third-order valence-corrected chi connectivity index (χ3v) is 6.36. The molecule has 2 unspecified atom stereocenters. The van der Waals surface area contributed by atoms with E-state index >= 15 is 0 Å². The highest BCUT2D eigenvalue weighted by atomic mass is 19.1. The number of aromatic nitrogens is 1. The van der Waals surface area contributed by atoms with E-state index in [4.69, 9.17) is 4.74 Å². The second-order valence-corrected chi connectivity index (χ2v) is 8.21. The molecule has 8 nitrogen and oxygen atoms in total. The van der Waals surface area contributed by atoms with Crippen LogP contribution in [0.3, 0.4) is 0 Å². The Kier molecular flexibility index (Phi) is 4.96. The number of aromatic hydroxyl groups is 1. The fourth-order valence-corrected chi connectivity index (χ4v) is 4.87. The van der Waals surface area contributed by atoms with Crippen molar-refractivity contribution in [1.82, 2.24) is 14.8 Å². The van der Waals surface area contributed by atoms with Gasteiger partial charge in [-0.05, 0) is 31.7 Å². The Morgan fingerprint density at radius 2 is 2.06 bits per heavy atom. The van der Waals surface area contributed by atoms with Crippen molar-refractivity contribution >= 4 is 11.8 Å². The average Bonchev–Trinajstić information content (AvgIpc) is 3.02. The van der Waals surface area contributed by atoms with Gasteiger partial charge in [0, 0.05) is 37.0 Å². The predicted octanol–water partition coefficient (Wildman–Crippen LogP) is 1.84. The molecule has 0 aliphatic carbocycles. The SMILES string of the molecule is O=C(NCc1ccc(F)cc1F)c1c2n3c(c(O)c1=O)C(=O)N1CCCCOC1C3CC2. The molecule has 5 rings (SSSR count). The highest BCUT2D eigenvalue weighted by molar-refractivity contribution is 6.00. The molecule has 4 heterocycles. The number of rotatable bonds is 3. The van der Waals surface area contributed by atoms with Crippen molar-refractivity contribution in [3.63, 3.8) is 0 Å². The molecule has 3 aliphatic heterocycles. The van der Waals surface area contributed by atoms with Crippen LogP contribution in [0, 0.1) is 11.6 Å². The van der Waals surface area contributed by atoms with Crippen LogP contribution in [0.4, 0.5) is 8.78 Å². The molecule has 2 atom stereocenters. The predicted molar refractivity (Wildman–Crippen MR) is 107 cm³/mol. The summed E-state index contributed by atoms with van der Waals surface area (Å²) in [5.74, 6) is -3.63. The number of hydrogen-bond acceptors (Lipinski definition) is 5. The number of halogens is 2. The zero-order chi connectivity index (χ0) is 22.6. The highest BCUT2D eigenvalue weighted by Crippen LogP contribution is 2.41. The number of nitrogens with one attached hydrogen (secondary N) is 1. The van der Waals surface area contributed by atoms with Crippen LogP contribution >= 0.6 is 0 Å². The van der Waals surface area contributed by atoms with Crippen LogP contribution in [0.1, 0.15) is 57.4 Å². The van der Waals surface area contributed by atoms with Crippen LogP contribution < -0.4 is 10.7 Å². The van der Waals surface area contributed by atoms with Gasteiger partial charge >= 0.3 is 0 Å². The summed E-state index contributed by atoms with van der Waals surface area (Å²) < 4.78 is 34.5. The van der Waals surface area contributed by atoms with Crippen LogP contribution in [0.5, 0.6) is 5.75 Å². The van der Waals surface area contributed by atoms with E-state index in [2.05, 4.69) is 5.32 Å². The Morgan fingerprint density at radius 3 is 2.84 bits per heavy atom. The quantitative estimate of drug-likeness (QED) is 0.751. The molecule has 2 aromatic rings. The molecule has 1 saturated heterocycles. The van der Waals surface area contributed by atoms with Crippen molar-refractivity contribution in [2.24, 2.45) is 0 Å². The lowest BCUT2D eigenvalue weighted by Crippen LogP contribution is -2.52. The standard InChI is InChI=1S/C22H21F2N3O5/c23-12-4-3-11(13(24)9-12)10-25-20(30)16-14-5-6-15-22-26(7-1-2-8-32-22)21(31)17(27(14)15)19(29)18(16)28/h3-4,9,15,22,29H,1-2,5-8,10H2,(H,25,30). The van der Waals surface area contributed by atoms with Gasteiger partial charge in [-0.2, -0.15) is 0 Å². The van der Waals surface area contributed by atoms with Gasteiger partial charge in [0.15, 0.2) is 17.7 Å². The molecule has 168 valence electrons. The Hall–Kier alpha value is -3.27. The number of benzene rings is 1. The summed E-state index contributed by atoms with van der Waals surface area (Å²) in [5, 5.41) is 13.1. The third-order valence-electron chi connectivity index (χ3n) is 6.36. The van der Waals surface area contributed by atoms with Crippen molar-refractivity contribution in [3.05, 3.63) is 62.6 Å². The Bertz CT molecular complexity index is 1200. The van der Waals surface area contributed by atoms with Gasteiger partial charge in [-0.25, -0.2) is 8.78 Å². The van der Waals surface area contributed by atoms with E-state index in [1.807, 2.05) is 0 Å². The number of nitrogens with zero attached hydrogens (tertiary/aromatic N) is 2. The van der Waals surface area contributed by atoms with Crippen molar-refractivity contribution in [2.45, 2.75) is 44.5 Å². The van der Waals surface area contributed by atoms with Crippen molar-refractivity contribution in [1.29, 1.82) is 0 Å². The molecule has 10 heteroatoms. The van der Waals surface area contributed by atoms with E-state index in [0.717, 1.165) is 18.9 Å². The zero-order valence-electron chi connectivity index (χ0n) is 17.1. The number of fused-ring (bicyclic) bond motifs is 2. The van der Waals surface area contributed by atoms with Crippen LogP contribution in [-0.4, -0.2) is 45.8 Å². The second kappa shape index (κ2) is 7.70. The number of carbonyl (C=O) groups is 2. The van der Waals surface area contributed by atoms with Gasteiger partial charge in [0.25, 0.3) is 11.8 Å². The van der Waals surface area contributed by atoms with E-state index in [0.29, 0.717) is 37.8 Å². The molecule has 32 heavy (non-hydrogen) atoms. The van der Waals surface area contributed by atoms with Gasteiger partial charge in [0.05, 0.1) is 6.04 Å². The van der Waals surface area contributed by atoms with Crippen LogP contribution in [-0.2, 0) is 17.7 Å². The number of carbonyl (C=O) groups excluding carboxylic acids is 2. The van der Waals surface area contributed by atoms with Gasteiger partial charge in [0.2, 0.25) is 5.43 Å². The summed E-state index contributed by atoms with van der Waals surface area (Å²) in [4.78, 5) is 40.5. The minimum absolute atomic E-state index is 0.0500. The van der Waals surface area contributed by atoms with Crippen LogP contribution in [0.25, 0.3) is 0 Å². The molecule has 0 bridgehead atoms. The van der Waals surface area contributed by atoms with E-state index in [-0.39, 0.29) is 29.4 Å². The second-order valence-electron chi connectivity index (χ2n) is 8.21. The molecule has 0 radical (unpaired) electrons. The first-order valence-electron chi connectivity index (χ1n) is 10.5. The van der Waals surface area contributed by atoms with Crippen molar-refractivity contribution in [2.75, 3.05) is 13.2 Å². The summed E-state index contributed by atoms with van der Waals surface area (Å²) in [7, 11) is 0. The largest absolute Gasteiger partial charge is 0.503 e. The summed E-state index contributed by atoms with van der Waals surface area (Å²) in [6.07, 6.45) is 1.92. The normalized spacial score (nSPS) is 21.7. The first-order valence-corrected chi connectivity index (χ1v) is 10.5.